The van der Waals surface area contributed by atoms with Crippen LogP contribution in [0.5, 0.6) is 11.5 Å². The van der Waals surface area contributed by atoms with E-state index in [4.69, 9.17) is 14.2 Å². The molecule has 0 unspecified atom stereocenters. The van der Waals surface area contributed by atoms with Gasteiger partial charge in [-0.2, -0.15) is 0 Å². The van der Waals surface area contributed by atoms with Gasteiger partial charge in [0.2, 0.25) is 6.79 Å². The lowest BCUT2D eigenvalue weighted by Crippen LogP contribution is -2.42. The molecule has 0 bridgehead atoms. The highest BCUT2D eigenvalue weighted by Gasteiger charge is 2.41. The van der Waals surface area contributed by atoms with E-state index in [1.807, 2.05) is 0 Å². The van der Waals surface area contributed by atoms with E-state index in [9.17, 15) is 14.4 Å². The SMILES string of the molecule is O=C(c1ccc2c(c1)OCO2)N1CC[C@@H](N2C(=O)COC2=O)C1. The fourth-order valence-corrected chi connectivity index (χ4v) is 3.07. The van der Waals surface area contributed by atoms with E-state index in [2.05, 4.69) is 0 Å². The zero-order valence-corrected chi connectivity index (χ0v) is 12.2. The van der Waals surface area contributed by atoms with Gasteiger partial charge in [-0.15, -0.1) is 0 Å². The predicted molar refractivity (Wildman–Crippen MR) is 75.1 cm³/mol. The summed E-state index contributed by atoms with van der Waals surface area (Å²) in [5.41, 5.74) is 0.491. The van der Waals surface area contributed by atoms with Crippen molar-refractivity contribution in [2.75, 3.05) is 26.5 Å². The maximum atomic E-state index is 12.6. The molecule has 0 saturated carbocycles. The zero-order chi connectivity index (χ0) is 16.0. The van der Waals surface area contributed by atoms with Gasteiger partial charge in [0.1, 0.15) is 0 Å². The lowest BCUT2D eigenvalue weighted by Gasteiger charge is -2.20. The van der Waals surface area contributed by atoms with Crippen molar-refractivity contribution < 1.29 is 28.6 Å². The van der Waals surface area contributed by atoms with E-state index in [0.717, 1.165) is 4.90 Å². The van der Waals surface area contributed by atoms with Gasteiger partial charge in [-0.25, -0.2) is 9.69 Å². The van der Waals surface area contributed by atoms with Crippen LogP contribution in [0.4, 0.5) is 4.79 Å². The van der Waals surface area contributed by atoms with E-state index in [1.54, 1.807) is 23.1 Å². The smallest absolute Gasteiger partial charge is 0.417 e. The maximum Gasteiger partial charge on any atom is 0.417 e. The summed E-state index contributed by atoms with van der Waals surface area (Å²) >= 11 is 0. The molecule has 120 valence electrons. The molecular weight excluding hydrogens is 304 g/mol. The molecule has 3 heterocycles. The maximum absolute atomic E-state index is 12.6. The van der Waals surface area contributed by atoms with Gasteiger partial charge in [-0.05, 0) is 24.6 Å². The fourth-order valence-electron chi connectivity index (χ4n) is 3.07. The molecule has 0 aliphatic carbocycles. The third kappa shape index (κ3) is 2.26. The molecule has 0 aromatic heterocycles. The third-order valence-electron chi connectivity index (χ3n) is 4.22. The van der Waals surface area contributed by atoms with Crippen LogP contribution in [0.1, 0.15) is 16.8 Å². The van der Waals surface area contributed by atoms with Crippen molar-refractivity contribution in [3.8, 4) is 11.5 Å². The second-order valence-corrected chi connectivity index (χ2v) is 5.58. The molecule has 0 spiro atoms. The molecule has 3 amide bonds. The molecule has 0 radical (unpaired) electrons. The van der Waals surface area contributed by atoms with Crippen LogP contribution in [0.15, 0.2) is 18.2 Å². The van der Waals surface area contributed by atoms with Gasteiger partial charge in [0.25, 0.3) is 11.8 Å². The second kappa shape index (κ2) is 5.15. The molecule has 2 fully saturated rings. The monoisotopic (exact) mass is 318 g/mol. The number of cyclic esters (lactones) is 1. The number of hydrogen-bond acceptors (Lipinski definition) is 6. The molecule has 8 heteroatoms. The number of benzene rings is 1. The average molecular weight is 318 g/mol. The Morgan fingerprint density at radius 3 is 2.74 bits per heavy atom. The Morgan fingerprint density at radius 1 is 1.13 bits per heavy atom. The van der Waals surface area contributed by atoms with Crippen molar-refractivity contribution in [2.45, 2.75) is 12.5 Å². The standard InChI is InChI=1S/C15H14N2O6/c18-13-7-21-15(20)17(13)10-3-4-16(6-10)14(19)9-1-2-11-12(5-9)23-8-22-11/h1-2,5,10H,3-4,6-8H2/t10-/m1/s1. The highest BCUT2D eigenvalue weighted by molar-refractivity contribution is 5.99. The molecule has 3 aliphatic rings. The molecule has 23 heavy (non-hydrogen) atoms. The summed E-state index contributed by atoms with van der Waals surface area (Å²) in [5, 5.41) is 0. The Morgan fingerprint density at radius 2 is 1.96 bits per heavy atom. The molecule has 0 N–H and O–H groups in total. The van der Waals surface area contributed by atoms with Crippen LogP contribution in [0.3, 0.4) is 0 Å². The van der Waals surface area contributed by atoms with Crippen molar-refractivity contribution >= 4 is 17.9 Å². The summed E-state index contributed by atoms with van der Waals surface area (Å²) in [7, 11) is 0. The molecule has 1 aromatic carbocycles. The van der Waals surface area contributed by atoms with Gasteiger partial charge in [-0.3, -0.25) is 9.59 Å². The summed E-state index contributed by atoms with van der Waals surface area (Å²) in [5.74, 6) is 0.652. The topological polar surface area (TPSA) is 85.4 Å². The highest BCUT2D eigenvalue weighted by atomic mass is 16.7. The largest absolute Gasteiger partial charge is 0.454 e. The summed E-state index contributed by atoms with van der Waals surface area (Å²) in [6, 6.07) is 4.70. The second-order valence-electron chi connectivity index (χ2n) is 5.58. The number of rotatable bonds is 2. The average Bonchev–Trinajstić information content (AvgIpc) is 3.26. The minimum Gasteiger partial charge on any atom is -0.454 e. The van der Waals surface area contributed by atoms with Crippen LogP contribution in [0.25, 0.3) is 0 Å². The Kier molecular flexibility index (Phi) is 3.10. The number of amides is 3. The van der Waals surface area contributed by atoms with Crippen molar-refractivity contribution in [2.24, 2.45) is 0 Å². The molecule has 1 aromatic rings. The number of fused-ring (bicyclic) bond motifs is 1. The van der Waals surface area contributed by atoms with Crippen LogP contribution in [-0.2, 0) is 9.53 Å². The quantitative estimate of drug-likeness (QED) is 0.794. The molecule has 1 atom stereocenters. The van der Waals surface area contributed by atoms with Gasteiger partial charge in [0.05, 0.1) is 6.04 Å². The molecule has 2 saturated heterocycles. The van der Waals surface area contributed by atoms with Crippen LogP contribution < -0.4 is 9.47 Å². The number of carbonyl (C=O) groups excluding carboxylic acids is 3. The molecule has 4 rings (SSSR count). The van der Waals surface area contributed by atoms with Crippen LogP contribution in [0.2, 0.25) is 0 Å². The highest BCUT2D eigenvalue weighted by Crippen LogP contribution is 2.33. The van der Waals surface area contributed by atoms with Crippen LogP contribution in [0, 0.1) is 0 Å². The molecular formula is C15H14N2O6. The van der Waals surface area contributed by atoms with Crippen molar-refractivity contribution in [3.05, 3.63) is 23.8 Å². The Labute approximate surface area is 131 Å². The van der Waals surface area contributed by atoms with E-state index in [0.29, 0.717) is 36.6 Å². The first-order chi connectivity index (χ1) is 11.1. The van der Waals surface area contributed by atoms with Crippen molar-refractivity contribution in [1.82, 2.24) is 9.80 Å². The van der Waals surface area contributed by atoms with E-state index in [-0.39, 0.29) is 31.3 Å². The van der Waals surface area contributed by atoms with E-state index < -0.39 is 6.09 Å². The first kappa shape index (κ1) is 13.9. The summed E-state index contributed by atoms with van der Waals surface area (Å²) in [4.78, 5) is 38.6. The number of likely N-dealkylation sites (tertiary alicyclic amines) is 1. The fraction of sp³-hybridized carbons (Fsp3) is 0.400. The first-order valence-electron chi connectivity index (χ1n) is 7.31. The number of carbonyl (C=O) groups is 3. The van der Waals surface area contributed by atoms with Gasteiger partial charge in [0.15, 0.2) is 18.1 Å². The van der Waals surface area contributed by atoms with Gasteiger partial charge < -0.3 is 19.1 Å². The van der Waals surface area contributed by atoms with Crippen molar-refractivity contribution in [1.29, 1.82) is 0 Å². The minimum atomic E-state index is -0.627. The van der Waals surface area contributed by atoms with Crippen LogP contribution in [-0.4, -0.2) is 60.2 Å². The molecule has 8 nitrogen and oxygen atoms in total. The summed E-state index contributed by atoms with van der Waals surface area (Å²) < 4.78 is 15.2. The minimum absolute atomic E-state index is 0.151. The normalized spacial score (nSPS) is 22.7. The van der Waals surface area contributed by atoms with Gasteiger partial charge >= 0.3 is 6.09 Å². The first-order valence-corrected chi connectivity index (χ1v) is 7.31. The third-order valence-corrected chi connectivity index (χ3v) is 4.22. The summed E-state index contributed by atoms with van der Waals surface area (Å²) in [6.45, 7) is 0.729. The number of imide groups is 1. The Bertz CT molecular complexity index is 687. The lowest BCUT2D eigenvalue weighted by molar-refractivity contribution is -0.127. The van der Waals surface area contributed by atoms with Crippen molar-refractivity contribution in [3.63, 3.8) is 0 Å². The Balaban J connectivity index is 1.48. The van der Waals surface area contributed by atoms with E-state index in [1.165, 1.54) is 0 Å². The zero-order valence-electron chi connectivity index (χ0n) is 12.2. The van der Waals surface area contributed by atoms with Gasteiger partial charge in [0, 0.05) is 18.7 Å². The number of ether oxygens (including phenoxy) is 3. The van der Waals surface area contributed by atoms with Crippen LogP contribution >= 0.6 is 0 Å². The summed E-state index contributed by atoms with van der Waals surface area (Å²) in [6.07, 6.45) is -0.0747. The Hall–Kier alpha value is -2.77. The number of nitrogens with zero attached hydrogens (tertiary/aromatic N) is 2. The number of hydrogen-bond donors (Lipinski definition) is 0. The van der Waals surface area contributed by atoms with E-state index >= 15 is 0 Å². The lowest BCUT2D eigenvalue weighted by atomic mass is 10.2. The van der Waals surface area contributed by atoms with Gasteiger partial charge in [-0.1, -0.05) is 0 Å². The predicted octanol–water partition coefficient (Wildman–Crippen LogP) is 0.609. The molecule has 3 aliphatic heterocycles.